The second-order valence-corrected chi connectivity index (χ2v) is 7.61. The van der Waals surface area contributed by atoms with Crippen molar-refractivity contribution in [2.24, 2.45) is 4.99 Å². The van der Waals surface area contributed by atoms with Crippen LogP contribution in [-0.2, 0) is 17.9 Å². The van der Waals surface area contributed by atoms with Crippen LogP contribution in [0.2, 0.25) is 5.02 Å². The Labute approximate surface area is 168 Å². The second kappa shape index (κ2) is 7.14. The maximum absolute atomic E-state index is 6.31. The molecule has 0 radical (unpaired) electrons. The number of imidazole rings is 1. The average molecular weight is 397 g/mol. The van der Waals surface area contributed by atoms with Crippen molar-refractivity contribution in [3.05, 3.63) is 46.8 Å². The molecule has 2 aliphatic rings. The molecule has 4 heterocycles. The van der Waals surface area contributed by atoms with E-state index in [1.54, 1.807) is 7.11 Å². The number of halogens is 1. The van der Waals surface area contributed by atoms with Crippen molar-refractivity contribution < 1.29 is 4.74 Å². The Morgan fingerprint density at radius 1 is 1.18 bits per heavy atom. The fourth-order valence-corrected chi connectivity index (χ4v) is 4.20. The summed E-state index contributed by atoms with van der Waals surface area (Å²) in [4.78, 5) is 9.60. The minimum absolute atomic E-state index is 0.396. The van der Waals surface area contributed by atoms with Gasteiger partial charge in [0.1, 0.15) is 18.6 Å². The van der Waals surface area contributed by atoms with Crippen LogP contribution in [0.4, 0.5) is 0 Å². The smallest absolute Gasteiger partial charge is 0.166 e. The Morgan fingerprint density at radius 3 is 3.00 bits per heavy atom. The van der Waals surface area contributed by atoms with Crippen LogP contribution in [0.25, 0.3) is 17.1 Å². The van der Waals surface area contributed by atoms with E-state index >= 15 is 0 Å². The number of hydrogen-bond acceptors (Lipinski definition) is 5. The summed E-state index contributed by atoms with van der Waals surface area (Å²) in [5.74, 6) is 1.58. The monoisotopic (exact) mass is 396 g/mol. The summed E-state index contributed by atoms with van der Waals surface area (Å²) in [6.07, 6.45) is 6.38. The van der Waals surface area contributed by atoms with E-state index in [-0.39, 0.29) is 0 Å². The van der Waals surface area contributed by atoms with Crippen molar-refractivity contribution in [3.8, 4) is 17.1 Å². The Morgan fingerprint density at radius 2 is 2.11 bits per heavy atom. The van der Waals surface area contributed by atoms with Gasteiger partial charge in [0.15, 0.2) is 11.6 Å². The van der Waals surface area contributed by atoms with Gasteiger partial charge in [-0.3, -0.25) is 9.56 Å². The standard InChI is InChI=1S/C20H21ClN6O/c1-28-11-18-24-25-20-14-9-13(21)6-7-16(14)27-12-23-19(17(27)10-26(18)20)15-5-3-2-4-8-22-15/h6-7,9,12H,2-5,8,10-11H2,1H3. The number of hydrogen-bond donors (Lipinski definition) is 0. The van der Waals surface area contributed by atoms with Gasteiger partial charge in [0.2, 0.25) is 0 Å². The molecule has 0 saturated heterocycles. The van der Waals surface area contributed by atoms with Gasteiger partial charge in [0, 0.05) is 24.2 Å². The van der Waals surface area contributed by atoms with Gasteiger partial charge in [-0.15, -0.1) is 10.2 Å². The Bertz CT molecular complexity index is 1070. The topological polar surface area (TPSA) is 70.1 Å². The predicted molar refractivity (Wildman–Crippen MR) is 107 cm³/mol. The lowest BCUT2D eigenvalue weighted by atomic mass is 10.1. The van der Waals surface area contributed by atoms with E-state index in [9.17, 15) is 0 Å². The summed E-state index contributed by atoms with van der Waals surface area (Å²) in [5.41, 5.74) is 5.12. The fourth-order valence-electron chi connectivity index (χ4n) is 4.02. The van der Waals surface area contributed by atoms with Crippen molar-refractivity contribution in [1.29, 1.82) is 0 Å². The third-order valence-electron chi connectivity index (χ3n) is 5.38. The third kappa shape index (κ3) is 2.86. The summed E-state index contributed by atoms with van der Waals surface area (Å²) in [7, 11) is 1.67. The largest absolute Gasteiger partial charge is 0.377 e. The van der Waals surface area contributed by atoms with Gasteiger partial charge in [-0.25, -0.2) is 4.98 Å². The molecule has 0 amide bonds. The lowest BCUT2D eigenvalue weighted by Crippen LogP contribution is -2.12. The molecule has 0 spiro atoms. The summed E-state index contributed by atoms with van der Waals surface area (Å²) in [5, 5.41) is 9.47. The molecular weight excluding hydrogens is 376 g/mol. The Balaban J connectivity index is 1.73. The lowest BCUT2D eigenvalue weighted by Gasteiger charge is -2.10. The zero-order valence-corrected chi connectivity index (χ0v) is 16.5. The molecule has 2 aromatic heterocycles. The van der Waals surface area contributed by atoms with Crippen LogP contribution in [0, 0.1) is 0 Å². The first kappa shape index (κ1) is 17.6. The number of methoxy groups -OCH3 is 1. The highest BCUT2D eigenvalue weighted by molar-refractivity contribution is 6.31. The highest BCUT2D eigenvalue weighted by atomic mass is 35.5. The SMILES string of the molecule is COCc1nnc2n1Cc1c(C3=NCCCCC3)ncn1-c1ccc(Cl)cc1-2. The minimum Gasteiger partial charge on any atom is -0.377 e. The normalized spacial score (nSPS) is 15.9. The van der Waals surface area contributed by atoms with Gasteiger partial charge in [-0.05, 0) is 37.5 Å². The molecular formula is C20H21ClN6O. The number of benzene rings is 1. The fraction of sp³-hybridized carbons (Fsp3) is 0.400. The quantitative estimate of drug-likeness (QED) is 0.530. The van der Waals surface area contributed by atoms with E-state index in [0.717, 1.165) is 65.8 Å². The molecule has 28 heavy (non-hydrogen) atoms. The first-order valence-electron chi connectivity index (χ1n) is 9.57. The van der Waals surface area contributed by atoms with Crippen LogP contribution in [0.15, 0.2) is 29.5 Å². The summed E-state index contributed by atoms with van der Waals surface area (Å²) in [6.45, 7) is 1.88. The summed E-state index contributed by atoms with van der Waals surface area (Å²) in [6, 6.07) is 5.85. The summed E-state index contributed by atoms with van der Waals surface area (Å²) < 4.78 is 9.58. The maximum Gasteiger partial charge on any atom is 0.166 e. The minimum atomic E-state index is 0.396. The number of aliphatic imine (C=N–C) groups is 1. The maximum atomic E-state index is 6.31. The van der Waals surface area contributed by atoms with Crippen LogP contribution in [-0.4, -0.2) is 43.7 Å². The Kier molecular flexibility index (Phi) is 4.49. The van der Waals surface area contributed by atoms with E-state index in [1.807, 2.05) is 24.5 Å². The number of rotatable bonds is 3. The van der Waals surface area contributed by atoms with E-state index in [4.69, 9.17) is 26.3 Å². The molecule has 144 valence electrons. The number of fused-ring (bicyclic) bond motifs is 5. The molecule has 0 unspecified atom stereocenters. The van der Waals surface area contributed by atoms with E-state index in [1.165, 1.54) is 6.42 Å². The Hall–Kier alpha value is -2.51. The van der Waals surface area contributed by atoms with Gasteiger partial charge < -0.3 is 9.30 Å². The van der Waals surface area contributed by atoms with Gasteiger partial charge >= 0.3 is 0 Å². The molecule has 0 aliphatic carbocycles. The first-order chi connectivity index (χ1) is 13.8. The van der Waals surface area contributed by atoms with Crippen molar-refractivity contribution in [2.75, 3.05) is 13.7 Å². The number of ether oxygens (including phenoxy) is 1. The third-order valence-corrected chi connectivity index (χ3v) is 5.62. The van der Waals surface area contributed by atoms with Crippen molar-refractivity contribution in [1.82, 2.24) is 24.3 Å². The lowest BCUT2D eigenvalue weighted by molar-refractivity contribution is 0.174. The van der Waals surface area contributed by atoms with E-state index < -0.39 is 0 Å². The van der Waals surface area contributed by atoms with Crippen molar-refractivity contribution in [3.63, 3.8) is 0 Å². The molecule has 0 bridgehead atoms. The van der Waals surface area contributed by atoms with Crippen LogP contribution >= 0.6 is 11.6 Å². The molecule has 0 atom stereocenters. The van der Waals surface area contributed by atoms with Crippen molar-refractivity contribution >= 4 is 17.3 Å². The zero-order valence-electron chi connectivity index (χ0n) is 15.7. The summed E-state index contributed by atoms with van der Waals surface area (Å²) >= 11 is 6.31. The molecule has 1 aromatic carbocycles. The molecule has 0 fully saturated rings. The van der Waals surface area contributed by atoms with Gasteiger partial charge in [0.25, 0.3) is 0 Å². The molecule has 7 nitrogen and oxygen atoms in total. The highest BCUT2D eigenvalue weighted by Crippen LogP contribution is 2.34. The molecule has 8 heteroatoms. The van der Waals surface area contributed by atoms with Crippen LogP contribution in [0.3, 0.4) is 0 Å². The van der Waals surface area contributed by atoms with Gasteiger partial charge in [-0.1, -0.05) is 18.0 Å². The number of nitrogens with zero attached hydrogens (tertiary/aromatic N) is 6. The van der Waals surface area contributed by atoms with E-state index in [2.05, 4.69) is 19.3 Å². The second-order valence-electron chi connectivity index (χ2n) is 7.17. The van der Waals surface area contributed by atoms with E-state index in [0.29, 0.717) is 18.2 Å². The van der Waals surface area contributed by atoms with Crippen LogP contribution < -0.4 is 0 Å². The van der Waals surface area contributed by atoms with Crippen LogP contribution in [0.5, 0.6) is 0 Å². The highest BCUT2D eigenvalue weighted by Gasteiger charge is 2.27. The predicted octanol–water partition coefficient (Wildman–Crippen LogP) is 3.66. The van der Waals surface area contributed by atoms with Crippen LogP contribution in [0.1, 0.15) is 42.9 Å². The first-order valence-corrected chi connectivity index (χ1v) is 9.95. The molecule has 5 rings (SSSR count). The average Bonchev–Trinajstić information content (AvgIpc) is 3.13. The number of aromatic nitrogens is 5. The van der Waals surface area contributed by atoms with Gasteiger partial charge in [-0.2, -0.15) is 0 Å². The molecule has 0 saturated carbocycles. The molecule has 0 N–H and O–H groups in total. The van der Waals surface area contributed by atoms with Gasteiger partial charge in [0.05, 0.1) is 23.6 Å². The zero-order chi connectivity index (χ0) is 19.1. The molecule has 2 aliphatic heterocycles. The van der Waals surface area contributed by atoms with Crippen molar-refractivity contribution in [2.45, 2.75) is 38.8 Å². The molecule has 3 aromatic rings.